The number of nitrogens with one attached hydrogen (secondary N) is 1. The van der Waals surface area contributed by atoms with Gasteiger partial charge in [-0.25, -0.2) is 0 Å². The summed E-state index contributed by atoms with van der Waals surface area (Å²) in [7, 11) is 0. The third-order valence-corrected chi connectivity index (χ3v) is 4.61. The zero-order valence-corrected chi connectivity index (χ0v) is 13.6. The van der Waals surface area contributed by atoms with Crippen LogP contribution in [0.1, 0.15) is 59.3 Å². The van der Waals surface area contributed by atoms with Crippen molar-refractivity contribution in [1.82, 2.24) is 5.32 Å². The minimum Gasteiger partial charge on any atom is -0.379 e. The molecule has 3 heteroatoms. The lowest BCUT2D eigenvalue weighted by Gasteiger charge is -2.39. The van der Waals surface area contributed by atoms with Crippen molar-refractivity contribution in [2.75, 3.05) is 26.4 Å². The number of ether oxygens (including phenoxy) is 2. The summed E-state index contributed by atoms with van der Waals surface area (Å²) in [6.07, 6.45) is 7.86. The zero-order chi connectivity index (χ0) is 14.4. The van der Waals surface area contributed by atoms with Crippen LogP contribution in [-0.2, 0) is 9.47 Å². The smallest absolute Gasteiger partial charge is 0.0809 e. The Bertz CT molecular complexity index is 274. The molecular formula is C17H33NO2. The SMILES string of the molecule is CC1CC(NCCCOCC2CCCO2)CC(C)(C)C1. The van der Waals surface area contributed by atoms with E-state index in [1.54, 1.807) is 0 Å². The maximum atomic E-state index is 5.70. The first-order valence-electron chi connectivity index (χ1n) is 8.48. The van der Waals surface area contributed by atoms with Crippen LogP contribution in [-0.4, -0.2) is 38.5 Å². The van der Waals surface area contributed by atoms with Crippen LogP contribution in [0.25, 0.3) is 0 Å². The highest BCUT2D eigenvalue weighted by Gasteiger charge is 2.31. The first-order valence-corrected chi connectivity index (χ1v) is 8.48. The molecule has 0 radical (unpaired) electrons. The van der Waals surface area contributed by atoms with E-state index < -0.39 is 0 Å². The molecule has 0 spiro atoms. The Hall–Kier alpha value is -0.120. The largest absolute Gasteiger partial charge is 0.379 e. The van der Waals surface area contributed by atoms with Gasteiger partial charge in [0.1, 0.15) is 0 Å². The Morgan fingerprint density at radius 2 is 2.15 bits per heavy atom. The molecule has 0 aromatic carbocycles. The number of hydrogen-bond donors (Lipinski definition) is 1. The van der Waals surface area contributed by atoms with Crippen molar-refractivity contribution in [3.63, 3.8) is 0 Å². The molecule has 0 bridgehead atoms. The van der Waals surface area contributed by atoms with E-state index in [9.17, 15) is 0 Å². The molecular weight excluding hydrogens is 250 g/mol. The summed E-state index contributed by atoms with van der Waals surface area (Å²) in [6, 6.07) is 0.701. The van der Waals surface area contributed by atoms with Crippen molar-refractivity contribution >= 4 is 0 Å². The predicted molar refractivity (Wildman–Crippen MR) is 83.0 cm³/mol. The fourth-order valence-corrected chi connectivity index (χ4v) is 3.97. The van der Waals surface area contributed by atoms with Crippen molar-refractivity contribution in [1.29, 1.82) is 0 Å². The minimum absolute atomic E-state index is 0.364. The summed E-state index contributed by atoms with van der Waals surface area (Å²) < 4.78 is 11.3. The van der Waals surface area contributed by atoms with Gasteiger partial charge >= 0.3 is 0 Å². The van der Waals surface area contributed by atoms with E-state index in [2.05, 4.69) is 26.1 Å². The highest BCUT2D eigenvalue weighted by Crippen LogP contribution is 2.38. The van der Waals surface area contributed by atoms with Gasteiger partial charge < -0.3 is 14.8 Å². The second kappa shape index (κ2) is 7.77. The van der Waals surface area contributed by atoms with Gasteiger partial charge in [0.2, 0.25) is 0 Å². The van der Waals surface area contributed by atoms with Crippen molar-refractivity contribution in [2.24, 2.45) is 11.3 Å². The van der Waals surface area contributed by atoms with Gasteiger partial charge in [-0.15, -0.1) is 0 Å². The first-order chi connectivity index (χ1) is 9.55. The molecule has 20 heavy (non-hydrogen) atoms. The van der Waals surface area contributed by atoms with E-state index in [1.807, 2.05) is 0 Å². The topological polar surface area (TPSA) is 30.5 Å². The monoisotopic (exact) mass is 283 g/mol. The van der Waals surface area contributed by atoms with E-state index in [0.717, 1.165) is 38.7 Å². The normalized spacial score (nSPS) is 33.5. The Kier molecular flexibility index (Phi) is 6.31. The molecule has 3 unspecified atom stereocenters. The maximum absolute atomic E-state index is 5.70. The molecule has 3 nitrogen and oxygen atoms in total. The van der Waals surface area contributed by atoms with Crippen LogP contribution in [0.4, 0.5) is 0 Å². The predicted octanol–water partition coefficient (Wildman–Crippen LogP) is 3.38. The van der Waals surface area contributed by atoms with Crippen LogP contribution in [0.2, 0.25) is 0 Å². The second-order valence-corrected chi connectivity index (χ2v) is 7.63. The summed E-state index contributed by atoms with van der Waals surface area (Å²) in [5.74, 6) is 0.854. The molecule has 2 fully saturated rings. The average molecular weight is 283 g/mol. The van der Waals surface area contributed by atoms with Crippen LogP contribution in [0.5, 0.6) is 0 Å². The average Bonchev–Trinajstić information content (AvgIpc) is 2.84. The van der Waals surface area contributed by atoms with E-state index in [0.29, 0.717) is 17.6 Å². The molecule has 1 heterocycles. The summed E-state index contributed by atoms with van der Waals surface area (Å²) >= 11 is 0. The fraction of sp³-hybridized carbons (Fsp3) is 1.00. The van der Waals surface area contributed by atoms with E-state index in [4.69, 9.17) is 9.47 Å². The second-order valence-electron chi connectivity index (χ2n) is 7.63. The van der Waals surface area contributed by atoms with Crippen molar-refractivity contribution in [3.8, 4) is 0 Å². The first kappa shape index (κ1) is 16.3. The van der Waals surface area contributed by atoms with E-state index >= 15 is 0 Å². The Balaban J connectivity index is 1.50. The quantitative estimate of drug-likeness (QED) is 0.727. The molecule has 1 aliphatic carbocycles. The highest BCUT2D eigenvalue weighted by atomic mass is 16.5. The van der Waals surface area contributed by atoms with E-state index in [-0.39, 0.29) is 0 Å². The van der Waals surface area contributed by atoms with Crippen LogP contribution in [0.15, 0.2) is 0 Å². The Morgan fingerprint density at radius 1 is 1.30 bits per heavy atom. The lowest BCUT2D eigenvalue weighted by molar-refractivity contribution is 0.0162. The molecule has 0 aromatic rings. The van der Waals surface area contributed by atoms with Crippen LogP contribution >= 0.6 is 0 Å². The molecule has 2 aliphatic rings. The van der Waals surface area contributed by atoms with Gasteiger partial charge in [-0.2, -0.15) is 0 Å². The molecule has 2 rings (SSSR count). The number of hydrogen-bond acceptors (Lipinski definition) is 3. The molecule has 1 saturated carbocycles. The summed E-state index contributed by atoms with van der Waals surface area (Å²) in [5.41, 5.74) is 0.506. The van der Waals surface area contributed by atoms with Crippen molar-refractivity contribution < 1.29 is 9.47 Å². The van der Waals surface area contributed by atoms with Gasteiger partial charge in [0.25, 0.3) is 0 Å². The third kappa shape index (κ3) is 5.71. The highest BCUT2D eigenvalue weighted by molar-refractivity contribution is 4.86. The zero-order valence-electron chi connectivity index (χ0n) is 13.6. The Labute approximate surface area is 124 Å². The van der Waals surface area contributed by atoms with Gasteiger partial charge in [0.05, 0.1) is 12.7 Å². The van der Waals surface area contributed by atoms with Crippen LogP contribution in [0, 0.1) is 11.3 Å². The van der Waals surface area contributed by atoms with Gasteiger partial charge in [0.15, 0.2) is 0 Å². The molecule has 118 valence electrons. The summed E-state index contributed by atoms with van der Waals surface area (Å²) in [5, 5.41) is 3.72. The van der Waals surface area contributed by atoms with E-state index in [1.165, 1.54) is 32.1 Å². The van der Waals surface area contributed by atoms with Gasteiger partial charge in [-0.3, -0.25) is 0 Å². The van der Waals surface area contributed by atoms with Crippen LogP contribution in [0.3, 0.4) is 0 Å². The van der Waals surface area contributed by atoms with Gasteiger partial charge in [-0.1, -0.05) is 20.8 Å². The Morgan fingerprint density at radius 3 is 2.85 bits per heavy atom. The minimum atomic E-state index is 0.364. The lowest BCUT2D eigenvalue weighted by atomic mass is 9.70. The third-order valence-electron chi connectivity index (χ3n) is 4.61. The van der Waals surface area contributed by atoms with Crippen LogP contribution < -0.4 is 5.32 Å². The van der Waals surface area contributed by atoms with Gasteiger partial charge in [0, 0.05) is 19.3 Å². The summed E-state index contributed by atoms with van der Waals surface area (Å²) in [4.78, 5) is 0. The molecule has 0 aromatic heterocycles. The molecule has 1 saturated heterocycles. The lowest BCUT2D eigenvalue weighted by Crippen LogP contribution is -2.40. The molecule has 1 aliphatic heterocycles. The molecule has 3 atom stereocenters. The summed E-state index contributed by atoms with van der Waals surface area (Å²) in [6.45, 7) is 10.8. The van der Waals surface area contributed by atoms with Gasteiger partial charge in [-0.05, 0) is 56.4 Å². The molecule has 0 amide bonds. The number of rotatable bonds is 7. The molecule has 1 N–H and O–H groups in total. The standard InChI is InChI=1S/C17H33NO2/c1-14-10-15(12-17(2,3)11-14)18-7-5-8-19-13-16-6-4-9-20-16/h14-16,18H,4-13H2,1-3H3. The van der Waals surface area contributed by atoms with Crippen molar-refractivity contribution in [3.05, 3.63) is 0 Å². The fourth-order valence-electron chi connectivity index (χ4n) is 3.97. The maximum Gasteiger partial charge on any atom is 0.0809 e. The van der Waals surface area contributed by atoms with Crippen molar-refractivity contribution in [2.45, 2.75) is 71.4 Å².